The van der Waals surface area contributed by atoms with Gasteiger partial charge in [-0.3, -0.25) is 0 Å². The summed E-state index contributed by atoms with van der Waals surface area (Å²) in [6, 6.07) is 1.77. The van der Waals surface area contributed by atoms with Gasteiger partial charge in [-0.15, -0.1) is 0 Å². The molecule has 1 saturated heterocycles. The quantitative estimate of drug-likeness (QED) is 0.922. The van der Waals surface area contributed by atoms with Gasteiger partial charge in [0.25, 0.3) is 0 Å². The van der Waals surface area contributed by atoms with E-state index in [4.69, 9.17) is 5.11 Å². The van der Waals surface area contributed by atoms with Crippen LogP contribution < -0.4 is 4.90 Å². The van der Waals surface area contributed by atoms with Crippen LogP contribution >= 0.6 is 0 Å². The third-order valence-corrected chi connectivity index (χ3v) is 4.06. The monoisotopic (exact) mass is 283 g/mol. The SMILES string of the molecule is CC(C)C1CCN(c2c(F)cc(C(=O)O)cc2F)CC1. The number of hydrogen-bond donors (Lipinski definition) is 1. The number of aromatic carboxylic acids is 1. The van der Waals surface area contributed by atoms with Gasteiger partial charge < -0.3 is 10.0 Å². The molecule has 3 nitrogen and oxygen atoms in total. The summed E-state index contributed by atoms with van der Waals surface area (Å²) in [6.07, 6.45) is 1.80. The topological polar surface area (TPSA) is 40.5 Å². The smallest absolute Gasteiger partial charge is 0.335 e. The molecule has 1 N–H and O–H groups in total. The molecule has 1 fully saturated rings. The fraction of sp³-hybridized carbons (Fsp3) is 0.533. The Morgan fingerprint density at radius 3 is 2.15 bits per heavy atom. The summed E-state index contributed by atoms with van der Waals surface area (Å²) in [4.78, 5) is 12.4. The fourth-order valence-electron chi connectivity index (χ4n) is 2.78. The maximum atomic E-state index is 14.0. The van der Waals surface area contributed by atoms with E-state index in [0.717, 1.165) is 25.0 Å². The van der Waals surface area contributed by atoms with Gasteiger partial charge in [0, 0.05) is 13.1 Å². The van der Waals surface area contributed by atoms with Crippen LogP contribution in [0.5, 0.6) is 0 Å². The van der Waals surface area contributed by atoms with Crippen LogP contribution in [0.15, 0.2) is 12.1 Å². The number of carboxylic acids is 1. The maximum Gasteiger partial charge on any atom is 0.335 e. The number of rotatable bonds is 3. The molecular weight excluding hydrogens is 264 g/mol. The summed E-state index contributed by atoms with van der Waals surface area (Å²) in [7, 11) is 0. The molecule has 110 valence electrons. The first kappa shape index (κ1) is 14.8. The van der Waals surface area contributed by atoms with Gasteiger partial charge in [0.1, 0.15) is 17.3 Å². The number of benzene rings is 1. The number of hydrogen-bond acceptors (Lipinski definition) is 2. The zero-order valence-corrected chi connectivity index (χ0v) is 11.7. The molecule has 0 aromatic heterocycles. The van der Waals surface area contributed by atoms with E-state index in [9.17, 15) is 13.6 Å². The van der Waals surface area contributed by atoms with E-state index in [1.165, 1.54) is 0 Å². The van der Waals surface area contributed by atoms with Crippen LogP contribution in [0.4, 0.5) is 14.5 Å². The van der Waals surface area contributed by atoms with Gasteiger partial charge in [0.05, 0.1) is 5.56 Å². The Labute approximate surface area is 117 Å². The summed E-state index contributed by atoms with van der Waals surface area (Å²) in [5.41, 5.74) is -0.460. The molecule has 1 heterocycles. The highest BCUT2D eigenvalue weighted by atomic mass is 19.1. The lowest BCUT2D eigenvalue weighted by Crippen LogP contribution is -2.36. The van der Waals surface area contributed by atoms with Crippen molar-refractivity contribution in [2.24, 2.45) is 11.8 Å². The molecule has 0 radical (unpaired) electrons. The summed E-state index contributed by atoms with van der Waals surface area (Å²) >= 11 is 0. The lowest BCUT2D eigenvalue weighted by molar-refractivity contribution is 0.0695. The maximum absolute atomic E-state index is 14.0. The molecule has 0 aliphatic carbocycles. The zero-order valence-electron chi connectivity index (χ0n) is 11.7. The van der Waals surface area contributed by atoms with E-state index in [1.54, 1.807) is 4.90 Å². The molecule has 0 amide bonds. The van der Waals surface area contributed by atoms with E-state index in [0.29, 0.717) is 24.9 Å². The summed E-state index contributed by atoms with van der Waals surface area (Å²) in [6.45, 7) is 5.51. The largest absolute Gasteiger partial charge is 0.478 e. The van der Waals surface area contributed by atoms with E-state index >= 15 is 0 Å². The Kier molecular flexibility index (Phi) is 4.26. The van der Waals surface area contributed by atoms with Crippen LogP contribution in [0.1, 0.15) is 37.0 Å². The highest BCUT2D eigenvalue weighted by molar-refractivity contribution is 5.88. The predicted molar refractivity (Wildman–Crippen MR) is 73.1 cm³/mol. The van der Waals surface area contributed by atoms with E-state index in [1.807, 2.05) is 0 Å². The zero-order chi connectivity index (χ0) is 14.9. The second kappa shape index (κ2) is 5.77. The van der Waals surface area contributed by atoms with Gasteiger partial charge in [0.2, 0.25) is 0 Å². The minimum Gasteiger partial charge on any atom is -0.478 e. The molecule has 1 aliphatic rings. The van der Waals surface area contributed by atoms with Crippen LogP contribution in [0, 0.1) is 23.5 Å². The third-order valence-electron chi connectivity index (χ3n) is 4.06. The summed E-state index contributed by atoms with van der Waals surface area (Å²) < 4.78 is 27.9. The minimum atomic E-state index is -1.33. The normalized spacial score (nSPS) is 16.8. The van der Waals surface area contributed by atoms with Crippen molar-refractivity contribution in [2.45, 2.75) is 26.7 Å². The Balaban J connectivity index is 2.20. The van der Waals surface area contributed by atoms with Crippen LogP contribution in [-0.2, 0) is 0 Å². The lowest BCUT2D eigenvalue weighted by atomic mass is 9.86. The third kappa shape index (κ3) is 2.92. The van der Waals surface area contributed by atoms with Crippen molar-refractivity contribution in [3.8, 4) is 0 Å². The minimum absolute atomic E-state index is 0.0998. The number of piperidine rings is 1. The van der Waals surface area contributed by atoms with Crippen molar-refractivity contribution < 1.29 is 18.7 Å². The van der Waals surface area contributed by atoms with E-state index in [2.05, 4.69) is 13.8 Å². The first-order valence-electron chi connectivity index (χ1n) is 6.87. The van der Waals surface area contributed by atoms with Gasteiger partial charge in [-0.05, 0) is 36.8 Å². The average molecular weight is 283 g/mol. The van der Waals surface area contributed by atoms with E-state index in [-0.39, 0.29) is 11.3 Å². The molecular formula is C15H19F2NO2. The van der Waals surface area contributed by atoms with Gasteiger partial charge >= 0.3 is 5.97 Å². The molecule has 0 unspecified atom stereocenters. The summed E-state index contributed by atoms with van der Waals surface area (Å²) in [5, 5.41) is 8.78. The first-order chi connectivity index (χ1) is 9.40. The standard InChI is InChI=1S/C15H19F2NO2/c1-9(2)10-3-5-18(6-4-10)14-12(16)7-11(15(19)20)8-13(14)17/h7-10H,3-6H2,1-2H3,(H,19,20). The van der Waals surface area contributed by atoms with Crippen molar-refractivity contribution in [3.63, 3.8) is 0 Å². The molecule has 0 saturated carbocycles. The number of anilines is 1. The fourth-order valence-corrected chi connectivity index (χ4v) is 2.78. The Morgan fingerprint density at radius 2 is 1.75 bits per heavy atom. The Bertz CT molecular complexity index is 486. The molecule has 0 spiro atoms. The van der Waals surface area contributed by atoms with Crippen molar-refractivity contribution in [1.29, 1.82) is 0 Å². The number of nitrogens with zero attached hydrogens (tertiary/aromatic N) is 1. The first-order valence-corrected chi connectivity index (χ1v) is 6.87. The molecule has 1 aliphatic heterocycles. The summed E-state index contributed by atoms with van der Waals surface area (Å²) in [5.74, 6) is -1.78. The highest BCUT2D eigenvalue weighted by Crippen LogP contribution is 2.31. The Morgan fingerprint density at radius 1 is 1.25 bits per heavy atom. The average Bonchev–Trinajstić information content (AvgIpc) is 2.38. The number of carbonyl (C=O) groups is 1. The van der Waals surface area contributed by atoms with Gasteiger partial charge in [0.15, 0.2) is 0 Å². The van der Waals surface area contributed by atoms with Crippen LogP contribution in [0.25, 0.3) is 0 Å². The molecule has 0 bridgehead atoms. The van der Waals surface area contributed by atoms with Crippen molar-refractivity contribution >= 4 is 11.7 Å². The van der Waals surface area contributed by atoms with Crippen LogP contribution in [0.2, 0.25) is 0 Å². The molecule has 1 aromatic rings. The Hall–Kier alpha value is -1.65. The molecule has 0 atom stereocenters. The van der Waals surface area contributed by atoms with Crippen LogP contribution in [0.3, 0.4) is 0 Å². The molecule has 2 rings (SSSR count). The van der Waals surface area contributed by atoms with Gasteiger partial charge in [-0.2, -0.15) is 0 Å². The predicted octanol–water partition coefficient (Wildman–Crippen LogP) is 3.54. The second-order valence-electron chi connectivity index (χ2n) is 5.66. The van der Waals surface area contributed by atoms with Crippen molar-refractivity contribution in [1.82, 2.24) is 0 Å². The molecule has 20 heavy (non-hydrogen) atoms. The number of halogens is 2. The second-order valence-corrected chi connectivity index (χ2v) is 5.66. The van der Waals surface area contributed by atoms with Crippen molar-refractivity contribution in [3.05, 3.63) is 29.3 Å². The number of carboxylic acid groups (broad SMARTS) is 1. The lowest BCUT2D eigenvalue weighted by Gasteiger charge is -2.35. The van der Waals surface area contributed by atoms with Gasteiger partial charge in [-0.1, -0.05) is 13.8 Å². The van der Waals surface area contributed by atoms with E-state index < -0.39 is 17.6 Å². The molecule has 1 aromatic carbocycles. The highest BCUT2D eigenvalue weighted by Gasteiger charge is 2.26. The van der Waals surface area contributed by atoms with Crippen LogP contribution in [-0.4, -0.2) is 24.2 Å². The molecule has 5 heteroatoms. The van der Waals surface area contributed by atoms with Gasteiger partial charge in [-0.25, -0.2) is 13.6 Å². The van der Waals surface area contributed by atoms with Crippen molar-refractivity contribution in [2.75, 3.05) is 18.0 Å².